The summed E-state index contributed by atoms with van der Waals surface area (Å²) in [5, 5.41) is 2.96. The molecular formula is C20H25NO4. The molecule has 134 valence electrons. The molecule has 0 unspecified atom stereocenters. The number of amides is 1. The predicted molar refractivity (Wildman–Crippen MR) is 98.9 cm³/mol. The van der Waals surface area contributed by atoms with Crippen LogP contribution in [-0.4, -0.2) is 26.7 Å². The molecule has 1 N–H and O–H groups in total. The Morgan fingerprint density at radius 1 is 1.04 bits per heavy atom. The summed E-state index contributed by atoms with van der Waals surface area (Å²) in [5.74, 6) is 1.53. The maximum atomic E-state index is 12.4. The molecule has 0 aliphatic carbocycles. The van der Waals surface area contributed by atoms with Crippen LogP contribution in [0.15, 0.2) is 36.4 Å². The molecule has 0 fully saturated rings. The lowest BCUT2D eigenvalue weighted by atomic mass is 9.98. The highest BCUT2D eigenvalue weighted by atomic mass is 16.5. The molecule has 0 bridgehead atoms. The van der Waals surface area contributed by atoms with Crippen LogP contribution in [0.25, 0.3) is 0 Å². The van der Waals surface area contributed by atoms with E-state index in [0.29, 0.717) is 23.2 Å². The van der Waals surface area contributed by atoms with Crippen molar-refractivity contribution in [3.8, 4) is 17.2 Å². The fourth-order valence-corrected chi connectivity index (χ4v) is 2.61. The molecule has 2 rings (SSSR count). The van der Waals surface area contributed by atoms with Gasteiger partial charge in [0.05, 0.1) is 14.2 Å². The Morgan fingerprint density at radius 3 is 2.20 bits per heavy atom. The molecule has 0 spiro atoms. The minimum absolute atomic E-state index is 0.136. The van der Waals surface area contributed by atoms with Gasteiger partial charge in [-0.05, 0) is 36.1 Å². The smallest absolute Gasteiger partial charge is 0.262 e. The van der Waals surface area contributed by atoms with Crippen molar-refractivity contribution >= 4 is 11.6 Å². The SMILES string of the molecule is COc1cccc(OC)c1OCC(=O)Nc1c(C)cccc1C(C)C. The van der Waals surface area contributed by atoms with E-state index in [4.69, 9.17) is 14.2 Å². The van der Waals surface area contributed by atoms with E-state index >= 15 is 0 Å². The molecular weight excluding hydrogens is 318 g/mol. The number of carbonyl (C=O) groups excluding carboxylic acids is 1. The van der Waals surface area contributed by atoms with Crippen molar-refractivity contribution in [1.29, 1.82) is 0 Å². The summed E-state index contributed by atoms with van der Waals surface area (Å²) in [4.78, 5) is 12.4. The lowest BCUT2D eigenvalue weighted by Gasteiger charge is -2.17. The monoisotopic (exact) mass is 343 g/mol. The van der Waals surface area contributed by atoms with Crippen LogP contribution in [0.4, 0.5) is 5.69 Å². The molecule has 0 saturated heterocycles. The van der Waals surface area contributed by atoms with E-state index in [0.717, 1.165) is 16.8 Å². The minimum atomic E-state index is -0.232. The maximum Gasteiger partial charge on any atom is 0.262 e. The number of para-hydroxylation sites is 2. The molecule has 0 saturated carbocycles. The molecule has 2 aromatic rings. The van der Waals surface area contributed by atoms with Gasteiger partial charge in [0.25, 0.3) is 5.91 Å². The van der Waals surface area contributed by atoms with E-state index in [1.54, 1.807) is 32.4 Å². The van der Waals surface area contributed by atoms with E-state index in [1.165, 1.54) is 0 Å². The number of nitrogens with one attached hydrogen (secondary N) is 1. The third kappa shape index (κ3) is 4.44. The Balaban J connectivity index is 2.13. The molecule has 2 aromatic carbocycles. The van der Waals surface area contributed by atoms with Gasteiger partial charge in [-0.15, -0.1) is 0 Å². The largest absolute Gasteiger partial charge is 0.493 e. The van der Waals surface area contributed by atoms with Gasteiger partial charge in [0, 0.05) is 5.69 Å². The van der Waals surface area contributed by atoms with Gasteiger partial charge in [-0.1, -0.05) is 38.1 Å². The van der Waals surface area contributed by atoms with E-state index in [-0.39, 0.29) is 12.5 Å². The quantitative estimate of drug-likeness (QED) is 0.820. The van der Waals surface area contributed by atoms with Crippen LogP contribution in [0.1, 0.15) is 30.9 Å². The number of methoxy groups -OCH3 is 2. The van der Waals surface area contributed by atoms with Gasteiger partial charge in [0.2, 0.25) is 5.75 Å². The molecule has 0 aromatic heterocycles. The number of benzene rings is 2. The summed E-state index contributed by atoms with van der Waals surface area (Å²) >= 11 is 0. The highest BCUT2D eigenvalue weighted by molar-refractivity contribution is 5.93. The van der Waals surface area contributed by atoms with E-state index in [2.05, 4.69) is 19.2 Å². The number of rotatable bonds is 7. The Hall–Kier alpha value is -2.69. The Kier molecular flexibility index (Phi) is 6.28. The summed E-state index contributed by atoms with van der Waals surface area (Å²) in [5.41, 5.74) is 2.97. The van der Waals surface area contributed by atoms with Gasteiger partial charge < -0.3 is 19.5 Å². The first-order valence-electron chi connectivity index (χ1n) is 8.21. The zero-order valence-corrected chi connectivity index (χ0v) is 15.4. The van der Waals surface area contributed by atoms with Crippen LogP contribution >= 0.6 is 0 Å². The standard InChI is InChI=1S/C20H25NO4/c1-13(2)15-9-6-8-14(3)19(15)21-18(22)12-25-20-16(23-4)10-7-11-17(20)24-5/h6-11,13H,12H2,1-5H3,(H,21,22). The van der Waals surface area contributed by atoms with Crippen molar-refractivity contribution < 1.29 is 19.0 Å². The van der Waals surface area contributed by atoms with Crippen LogP contribution in [0, 0.1) is 6.92 Å². The molecule has 0 aliphatic rings. The van der Waals surface area contributed by atoms with E-state index in [1.807, 2.05) is 25.1 Å². The number of hydrogen-bond acceptors (Lipinski definition) is 4. The van der Waals surface area contributed by atoms with Gasteiger partial charge in [-0.2, -0.15) is 0 Å². The highest BCUT2D eigenvalue weighted by Gasteiger charge is 2.15. The third-order valence-electron chi connectivity index (χ3n) is 3.92. The second-order valence-electron chi connectivity index (χ2n) is 6.02. The lowest BCUT2D eigenvalue weighted by molar-refractivity contribution is -0.118. The van der Waals surface area contributed by atoms with Crippen molar-refractivity contribution in [1.82, 2.24) is 0 Å². The Bertz CT molecular complexity index is 718. The van der Waals surface area contributed by atoms with Gasteiger partial charge in [-0.3, -0.25) is 4.79 Å². The second-order valence-corrected chi connectivity index (χ2v) is 6.02. The number of anilines is 1. The number of aryl methyl sites for hydroxylation is 1. The first-order valence-corrected chi connectivity index (χ1v) is 8.21. The maximum absolute atomic E-state index is 12.4. The van der Waals surface area contributed by atoms with Crippen LogP contribution in [0.2, 0.25) is 0 Å². The summed E-state index contributed by atoms with van der Waals surface area (Å²) in [6.07, 6.45) is 0. The van der Waals surface area contributed by atoms with E-state index < -0.39 is 0 Å². The fourth-order valence-electron chi connectivity index (χ4n) is 2.61. The number of ether oxygens (including phenoxy) is 3. The minimum Gasteiger partial charge on any atom is -0.493 e. The highest BCUT2D eigenvalue weighted by Crippen LogP contribution is 2.36. The summed E-state index contributed by atoms with van der Waals surface area (Å²) in [7, 11) is 3.09. The normalized spacial score (nSPS) is 10.5. The number of carbonyl (C=O) groups is 1. The molecule has 0 radical (unpaired) electrons. The predicted octanol–water partition coefficient (Wildman–Crippen LogP) is 4.15. The van der Waals surface area contributed by atoms with Crippen LogP contribution in [0.5, 0.6) is 17.2 Å². The molecule has 25 heavy (non-hydrogen) atoms. The molecule has 0 aliphatic heterocycles. The zero-order chi connectivity index (χ0) is 18.4. The molecule has 5 nitrogen and oxygen atoms in total. The zero-order valence-electron chi connectivity index (χ0n) is 15.4. The Morgan fingerprint density at radius 2 is 1.64 bits per heavy atom. The average molecular weight is 343 g/mol. The van der Waals surface area contributed by atoms with Gasteiger partial charge >= 0.3 is 0 Å². The molecule has 1 amide bonds. The summed E-state index contributed by atoms with van der Waals surface area (Å²) < 4.78 is 16.2. The summed E-state index contributed by atoms with van der Waals surface area (Å²) in [6, 6.07) is 11.3. The van der Waals surface area contributed by atoms with Gasteiger partial charge in [0.15, 0.2) is 18.1 Å². The van der Waals surface area contributed by atoms with Gasteiger partial charge in [-0.25, -0.2) is 0 Å². The van der Waals surface area contributed by atoms with Crippen molar-refractivity contribution in [2.75, 3.05) is 26.1 Å². The van der Waals surface area contributed by atoms with Crippen molar-refractivity contribution in [3.63, 3.8) is 0 Å². The first-order chi connectivity index (χ1) is 12.0. The first kappa shape index (κ1) is 18.6. The van der Waals surface area contributed by atoms with E-state index in [9.17, 15) is 4.79 Å². The van der Waals surface area contributed by atoms with Crippen LogP contribution in [0.3, 0.4) is 0 Å². The summed E-state index contributed by atoms with van der Waals surface area (Å²) in [6.45, 7) is 6.04. The van der Waals surface area contributed by atoms with Crippen LogP contribution in [-0.2, 0) is 4.79 Å². The lowest BCUT2D eigenvalue weighted by Crippen LogP contribution is -2.22. The van der Waals surface area contributed by atoms with Gasteiger partial charge in [0.1, 0.15) is 0 Å². The topological polar surface area (TPSA) is 56.8 Å². The Labute approximate surface area is 148 Å². The second kappa shape index (κ2) is 8.42. The molecule has 0 heterocycles. The number of hydrogen-bond donors (Lipinski definition) is 1. The van der Waals surface area contributed by atoms with Crippen molar-refractivity contribution in [2.45, 2.75) is 26.7 Å². The van der Waals surface area contributed by atoms with Crippen LogP contribution < -0.4 is 19.5 Å². The molecule has 5 heteroatoms. The molecule has 0 atom stereocenters. The van der Waals surface area contributed by atoms with Crippen molar-refractivity contribution in [3.05, 3.63) is 47.5 Å². The third-order valence-corrected chi connectivity index (χ3v) is 3.92. The fraction of sp³-hybridized carbons (Fsp3) is 0.350. The van der Waals surface area contributed by atoms with Crippen molar-refractivity contribution in [2.24, 2.45) is 0 Å². The average Bonchev–Trinajstić information content (AvgIpc) is 2.60.